The lowest BCUT2D eigenvalue weighted by Crippen LogP contribution is -2.32. The van der Waals surface area contributed by atoms with Crippen molar-refractivity contribution in [2.24, 2.45) is 0 Å². The van der Waals surface area contributed by atoms with Crippen LogP contribution in [-0.4, -0.2) is 34.8 Å². The summed E-state index contributed by atoms with van der Waals surface area (Å²) in [6.07, 6.45) is 4.61. The highest BCUT2D eigenvalue weighted by molar-refractivity contribution is 6.06. The van der Waals surface area contributed by atoms with E-state index in [-0.39, 0.29) is 11.5 Å². The molecule has 1 aromatic carbocycles. The molecule has 0 fully saturated rings. The number of nitrogens with zero attached hydrogens (tertiary/aromatic N) is 3. The van der Waals surface area contributed by atoms with Gasteiger partial charge in [0.15, 0.2) is 0 Å². The van der Waals surface area contributed by atoms with Crippen LogP contribution in [0.5, 0.6) is 0 Å². The summed E-state index contributed by atoms with van der Waals surface area (Å²) in [5.41, 5.74) is 1.46. The number of hydrogen-bond acceptors (Lipinski definition) is 4. The summed E-state index contributed by atoms with van der Waals surface area (Å²) >= 11 is 0. The standard InChI is InChI=1S/C20H22N4O2/c1-3-9-24(10-4-2)20(26)17-11-16(13-22-14-17)19(25)23-18-8-6-5-7-15(18)12-21/h5-8,11,13-14H,3-4,9-10H2,1-2H3,(H,23,25). The molecule has 26 heavy (non-hydrogen) atoms. The third-order valence-corrected chi connectivity index (χ3v) is 3.82. The first kappa shape index (κ1) is 19.1. The van der Waals surface area contributed by atoms with Crippen molar-refractivity contribution in [3.8, 4) is 6.07 Å². The number of nitriles is 1. The molecular weight excluding hydrogens is 328 g/mol. The van der Waals surface area contributed by atoms with Crippen LogP contribution in [0.15, 0.2) is 42.7 Å². The molecule has 1 aromatic heterocycles. The first-order valence-electron chi connectivity index (χ1n) is 8.65. The van der Waals surface area contributed by atoms with Crippen molar-refractivity contribution in [3.63, 3.8) is 0 Å². The van der Waals surface area contributed by atoms with Crippen LogP contribution in [0.3, 0.4) is 0 Å². The predicted octanol–water partition coefficient (Wildman–Crippen LogP) is 3.47. The molecule has 0 aliphatic heterocycles. The number of amides is 2. The molecule has 0 aliphatic carbocycles. The van der Waals surface area contributed by atoms with E-state index in [9.17, 15) is 9.59 Å². The largest absolute Gasteiger partial charge is 0.339 e. The van der Waals surface area contributed by atoms with E-state index in [0.717, 1.165) is 12.8 Å². The van der Waals surface area contributed by atoms with E-state index < -0.39 is 5.91 Å². The SMILES string of the molecule is CCCN(CCC)C(=O)c1cncc(C(=O)Nc2ccccc2C#N)c1. The van der Waals surface area contributed by atoms with Crippen molar-refractivity contribution >= 4 is 17.5 Å². The smallest absolute Gasteiger partial charge is 0.257 e. The summed E-state index contributed by atoms with van der Waals surface area (Å²) in [7, 11) is 0. The summed E-state index contributed by atoms with van der Waals surface area (Å²) in [5, 5.41) is 11.8. The lowest BCUT2D eigenvalue weighted by Gasteiger charge is -2.21. The molecule has 0 bridgehead atoms. The number of carbonyl (C=O) groups excluding carboxylic acids is 2. The minimum Gasteiger partial charge on any atom is -0.339 e. The maximum absolute atomic E-state index is 12.7. The van der Waals surface area contributed by atoms with Crippen LogP contribution in [-0.2, 0) is 0 Å². The van der Waals surface area contributed by atoms with Crippen LogP contribution >= 0.6 is 0 Å². The van der Waals surface area contributed by atoms with Gasteiger partial charge in [-0.25, -0.2) is 0 Å². The fourth-order valence-electron chi connectivity index (χ4n) is 2.60. The Balaban J connectivity index is 2.21. The minimum absolute atomic E-state index is 0.131. The van der Waals surface area contributed by atoms with Crippen LogP contribution in [0.1, 0.15) is 53.0 Å². The monoisotopic (exact) mass is 350 g/mol. The van der Waals surface area contributed by atoms with Crippen molar-refractivity contribution < 1.29 is 9.59 Å². The molecule has 134 valence electrons. The fraction of sp³-hybridized carbons (Fsp3) is 0.300. The lowest BCUT2D eigenvalue weighted by atomic mass is 10.1. The van der Waals surface area contributed by atoms with E-state index in [1.54, 1.807) is 29.2 Å². The molecule has 0 saturated heterocycles. The Morgan fingerprint density at radius 1 is 1.12 bits per heavy atom. The van der Waals surface area contributed by atoms with Crippen LogP contribution < -0.4 is 5.32 Å². The Morgan fingerprint density at radius 2 is 1.77 bits per heavy atom. The van der Waals surface area contributed by atoms with Crippen molar-refractivity contribution in [3.05, 3.63) is 59.4 Å². The second kappa shape index (κ2) is 9.33. The molecule has 1 heterocycles. The van der Waals surface area contributed by atoms with Crippen molar-refractivity contribution in [2.75, 3.05) is 18.4 Å². The second-order valence-electron chi connectivity index (χ2n) is 5.87. The number of pyridine rings is 1. The van der Waals surface area contributed by atoms with Gasteiger partial charge in [-0.3, -0.25) is 14.6 Å². The first-order chi connectivity index (χ1) is 12.6. The Bertz CT molecular complexity index is 821. The van der Waals surface area contributed by atoms with E-state index in [4.69, 9.17) is 5.26 Å². The molecular formula is C20H22N4O2. The molecule has 2 aromatic rings. The molecule has 6 nitrogen and oxygen atoms in total. The number of anilines is 1. The zero-order valence-electron chi connectivity index (χ0n) is 15.0. The van der Waals surface area contributed by atoms with E-state index in [1.165, 1.54) is 18.5 Å². The van der Waals surface area contributed by atoms with Gasteiger partial charge in [0.25, 0.3) is 11.8 Å². The Kier molecular flexibility index (Phi) is 6.86. The number of rotatable bonds is 7. The number of aromatic nitrogens is 1. The maximum Gasteiger partial charge on any atom is 0.257 e. The zero-order chi connectivity index (χ0) is 18.9. The predicted molar refractivity (Wildman–Crippen MR) is 99.8 cm³/mol. The number of benzene rings is 1. The molecule has 0 spiro atoms. The highest BCUT2D eigenvalue weighted by Gasteiger charge is 2.17. The molecule has 2 rings (SSSR count). The van der Waals surface area contributed by atoms with Gasteiger partial charge in [0.1, 0.15) is 6.07 Å². The molecule has 2 amide bonds. The lowest BCUT2D eigenvalue weighted by molar-refractivity contribution is 0.0755. The Morgan fingerprint density at radius 3 is 2.42 bits per heavy atom. The average Bonchev–Trinajstić information content (AvgIpc) is 2.67. The Labute approximate surface area is 153 Å². The highest BCUT2D eigenvalue weighted by Crippen LogP contribution is 2.15. The molecule has 1 N–H and O–H groups in total. The number of para-hydroxylation sites is 1. The van der Waals surface area contributed by atoms with Gasteiger partial charge in [0.05, 0.1) is 22.4 Å². The second-order valence-corrected chi connectivity index (χ2v) is 5.87. The summed E-state index contributed by atoms with van der Waals surface area (Å²) < 4.78 is 0. The van der Waals surface area contributed by atoms with Crippen molar-refractivity contribution in [1.29, 1.82) is 5.26 Å². The molecule has 6 heteroatoms. The van der Waals surface area contributed by atoms with Crippen LogP contribution in [0.2, 0.25) is 0 Å². The first-order valence-corrected chi connectivity index (χ1v) is 8.65. The van der Waals surface area contributed by atoms with Gasteiger partial charge in [0.2, 0.25) is 0 Å². The fourth-order valence-corrected chi connectivity index (χ4v) is 2.60. The minimum atomic E-state index is -0.410. The number of nitrogens with one attached hydrogen (secondary N) is 1. The molecule has 0 unspecified atom stereocenters. The average molecular weight is 350 g/mol. The number of carbonyl (C=O) groups is 2. The van der Waals surface area contributed by atoms with E-state index in [0.29, 0.717) is 29.9 Å². The van der Waals surface area contributed by atoms with Gasteiger partial charge < -0.3 is 10.2 Å². The van der Waals surface area contributed by atoms with E-state index >= 15 is 0 Å². The molecule has 0 atom stereocenters. The summed E-state index contributed by atoms with van der Waals surface area (Å²) in [5.74, 6) is -0.541. The quantitative estimate of drug-likeness (QED) is 0.828. The van der Waals surface area contributed by atoms with Crippen LogP contribution in [0.4, 0.5) is 5.69 Å². The van der Waals surface area contributed by atoms with Gasteiger partial charge in [-0.1, -0.05) is 26.0 Å². The van der Waals surface area contributed by atoms with Gasteiger partial charge in [-0.2, -0.15) is 5.26 Å². The molecule has 0 saturated carbocycles. The van der Waals surface area contributed by atoms with Crippen molar-refractivity contribution in [2.45, 2.75) is 26.7 Å². The van der Waals surface area contributed by atoms with E-state index in [2.05, 4.69) is 10.3 Å². The van der Waals surface area contributed by atoms with Gasteiger partial charge in [0, 0.05) is 25.5 Å². The Hall–Kier alpha value is -3.20. The normalized spacial score (nSPS) is 10.0. The van der Waals surface area contributed by atoms with Gasteiger partial charge in [-0.15, -0.1) is 0 Å². The summed E-state index contributed by atoms with van der Waals surface area (Å²) in [6, 6.07) is 10.3. The molecule has 0 radical (unpaired) electrons. The maximum atomic E-state index is 12.7. The summed E-state index contributed by atoms with van der Waals surface area (Å²) in [6.45, 7) is 5.37. The summed E-state index contributed by atoms with van der Waals surface area (Å²) in [4.78, 5) is 31.0. The third-order valence-electron chi connectivity index (χ3n) is 3.82. The third kappa shape index (κ3) is 4.67. The van der Waals surface area contributed by atoms with Crippen molar-refractivity contribution in [1.82, 2.24) is 9.88 Å². The number of hydrogen-bond donors (Lipinski definition) is 1. The zero-order valence-corrected chi connectivity index (χ0v) is 15.0. The highest BCUT2D eigenvalue weighted by atomic mass is 16.2. The van der Waals surface area contributed by atoms with Gasteiger partial charge >= 0.3 is 0 Å². The van der Waals surface area contributed by atoms with E-state index in [1.807, 2.05) is 19.9 Å². The van der Waals surface area contributed by atoms with Crippen LogP contribution in [0.25, 0.3) is 0 Å². The van der Waals surface area contributed by atoms with Gasteiger partial charge in [-0.05, 0) is 31.0 Å². The van der Waals surface area contributed by atoms with Crippen LogP contribution in [0, 0.1) is 11.3 Å². The molecule has 0 aliphatic rings. The topological polar surface area (TPSA) is 86.1 Å².